The Morgan fingerprint density at radius 3 is 2.33 bits per heavy atom. The number of halogens is 1. The van der Waals surface area contributed by atoms with Gasteiger partial charge in [-0.3, -0.25) is 14.2 Å². The number of hydrogen-bond acceptors (Lipinski definition) is 5. The van der Waals surface area contributed by atoms with Gasteiger partial charge in [-0.1, -0.05) is 64.1 Å². The van der Waals surface area contributed by atoms with Crippen LogP contribution >= 0.6 is 27.7 Å². The maximum atomic E-state index is 12.4. The zero-order chi connectivity index (χ0) is 23.2. The largest absolute Gasteiger partial charge is 0.326 e. The second kappa shape index (κ2) is 10.6. The van der Waals surface area contributed by atoms with E-state index >= 15 is 0 Å². The Kier molecular flexibility index (Phi) is 7.36. The van der Waals surface area contributed by atoms with Crippen molar-refractivity contribution in [3.05, 3.63) is 88.9 Å². The summed E-state index contributed by atoms with van der Waals surface area (Å²) < 4.78 is 2.93. The average Bonchev–Trinajstić information content (AvgIpc) is 3.24. The zero-order valence-corrected chi connectivity index (χ0v) is 20.3. The molecule has 0 saturated carbocycles. The van der Waals surface area contributed by atoms with Gasteiger partial charge in [-0.25, -0.2) is 0 Å². The van der Waals surface area contributed by atoms with Crippen molar-refractivity contribution in [2.24, 2.45) is 0 Å². The Balaban J connectivity index is 1.47. The van der Waals surface area contributed by atoms with Crippen LogP contribution in [0.15, 0.2) is 88.5 Å². The topological polar surface area (TPSA) is 76.9 Å². The Morgan fingerprint density at radius 2 is 1.64 bits per heavy atom. The van der Waals surface area contributed by atoms with E-state index < -0.39 is 0 Å². The second-order valence-corrected chi connectivity index (χ2v) is 9.15. The molecule has 6 nitrogen and oxygen atoms in total. The molecule has 0 aliphatic heterocycles. The smallest absolute Gasteiger partial charge is 0.225 e. The van der Waals surface area contributed by atoms with Crippen molar-refractivity contribution in [2.45, 2.75) is 18.5 Å². The van der Waals surface area contributed by atoms with Gasteiger partial charge in [0.05, 0.1) is 0 Å². The summed E-state index contributed by atoms with van der Waals surface area (Å²) in [6.45, 7) is 1.51. The van der Waals surface area contributed by atoms with Gasteiger partial charge < -0.3 is 5.32 Å². The lowest BCUT2D eigenvalue weighted by Gasteiger charge is -2.11. The number of nitrogens with one attached hydrogen (secondary N) is 1. The van der Waals surface area contributed by atoms with Crippen molar-refractivity contribution in [1.82, 2.24) is 14.8 Å². The monoisotopic (exact) mass is 520 g/mol. The molecular weight excluding hydrogens is 500 g/mol. The molecule has 33 heavy (non-hydrogen) atoms. The first kappa shape index (κ1) is 22.9. The van der Waals surface area contributed by atoms with E-state index in [0.717, 1.165) is 21.5 Å². The highest BCUT2D eigenvalue weighted by Gasteiger charge is 2.18. The molecule has 0 unspecified atom stereocenters. The molecule has 0 atom stereocenters. The maximum absolute atomic E-state index is 12.4. The molecule has 4 rings (SSSR count). The van der Waals surface area contributed by atoms with Crippen molar-refractivity contribution < 1.29 is 9.59 Å². The molecule has 1 heterocycles. The number of ketones is 1. The molecular formula is C25H21BrN4O2S. The van der Waals surface area contributed by atoms with Crippen molar-refractivity contribution in [2.75, 3.05) is 11.1 Å². The van der Waals surface area contributed by atoms with Crippen LogP contribution in [0.25, 0.3) is 17.1 Å². The lowest BCUT2D eigenvalue weighted by molar-refractivity contribution is -0.115. The van der Waals surface area contributed by atoms with Gasteiger partial charge in [0.15, 0.2) is 16.8 Å². The number of hydrogen-bond donors (Lipinski definition) is 1. The maximum Gasteiger partial charge on any atom is 0.225 e. The molecule has 0 aliphatic rings. The molecule has 0 aliphatic carbocycles. The number of amides is 1. The van der Waals surface area contributed by atoms with E-state index in [4.69, 9.17) is 0 Å². The van der Waals surface area contributed by atoms with Crippen molar-refractivity contribution >= 4 is 45.1 Å². The van der Waals surface area contributed by atoms with Crippen LogP contribution < -0.4 is 5.32 Å². The zero-order valence-electron chi connectivity index (χ0n) is 17.9. The van der Waals surface area contributed by atoms with Crippen LogP contribution in [0.1, 0.15) is 23.7 Å². The van der Waals surface area contributed by atoms with Gasteiger partial charge in [0, 0.05) is 39.1 Å². The number of nitrogens with zero attached hydrogens (tertiary/aromatic N) is 3. The molecule has 0 fully saturated rings. The molecule has 8 heteroatoms. The Labute approximate surface area is 204 Å². The van der Waals surface area contributed by atoms with Gasteiger partial charge in [0.25, 0.3) is 0 Å². The lowest BCUT2D eigenvalue weighted by Crippen LogP contribution is -2.12. The fourth-order valence-corrected chi connectivity index (χ4v) is 4.59. The van der Waals surface area contributed by atoms with Gasteiger partial charge in [-0.05, 0) is 49.4 Å². The predicted molar refractivity (Wildman–Crippen MR) is 135 cm³/mol. The van der Waals surface area contributed by atoms with E-state index in [1.807, 2.05) is 59.2 Å². The van der Waals surface area contributed by atoms with Crippen LogP contribution in [0.4, 0.5) is 5.69 Å². The lowest BCUT2D eigenvalue weighted by atomic mass is 10.1. The summed E-state index contributed by atoms with van der Waals surface area (Å²) in [6, 6.07) is 24.7. The molecule has 1 amide bonds. The van der Waals surface area contributed by atoms with Gasteiger partial charge >= 0.3 is 0 Å². The summed E-state index contributed by atoms with van der Waals surface area (Å²) >= 11 is 5.08. The quantitative estimate of drug-likeness (QED) is 0.227. The minimum Gasteiger partial charge on any atom is -0.326 e. The summed E-state index contributed by atoms with van der Waals surface area (Å²) in [4.78, 5) is 23.8. The number of thioether (sulfide) groups is 1. The Bertz CT molecular complexity index is 1270. The summed E-state index contributed by atoms with van der Waals surface area (Å²) in [5, 5.41) is 12.4. The number of rotatable bonds is 8. The fraction of sp³-hybridized carbons (Fsp3) is 0.120. The highest BCUT2D eigenvalue weighted by Crippen LogP contribution is 2.32. The van der Waals surface area contributed by atoms with Gasteiger partial charge in [0.1, 0.15) is 0 Å². The molecule has 0 saturated heterocycles. The number of anilines is 1. The highest BCUT2D eigenvalue weighted by molar-refractivity contribution is 9.10. The molecule has 1 N–H and O–H groups in total. The molecule has 0 bridgehead atoms. The van der Waals surface area contributed by atoms with E-state index in [0.29, 0.717) is 28.6 Å². The normalized spacial score (nSPS) is 10.7. The summed E-state index contributed by atoms with van der Waals surface area (Å²) in [6.07, 6.45) is 0.311. The fourth-order valence-electron chi connectivity index (χ4n) is 3.24. The molecule has 1 aromatic heterocycles. The van der Waals surface area contributed by atoms with Crippen LogP contribution in [0, 0.1) is 0 Å². The number of carbonyl (C=O) groups is 2. The molecule has 3 aromatic carbocycles. The van der Waals surface area contributed by atoms with Crippen molar-refractivity contribution in [1.29, 1.82) is 0 Å². The van der Waals surface area contributed by atoms with Crippen molar-refractivity contribution in [3.8, 4) is 17.1 Å². The number of para-hydroxylation sites is 1. The van der Waals surface area contributed by atoms with Gasteiger partial charge in [-0.15, -0.1) is 10.2 Å². The van der Waals surface area contributed by atoms with E-state index in [-0.39, 0.29) is 11.7 Å². The number of carbonyl (C=O) groups excluding carboxylic acids is 2. The minimum atomic E-state index is -0.102. The first-order valence-corrected chi connectivity index (χ1v) is 12.1. The van der Waals surface area contributed by atoms with Gasteiger partial charge in [0.2, 0.25) is 5.91 Å². The molecule has 0 radical (unpaired) electrons. The predicted octanol–water partition coefficient (Wildman–Crippen LogP) is 6.02. The van der Waals surface area contributed by atoms with Crippen LogP contribution in [-0.2, 0) is 4.79 Å². The highest BCUT2D eigenvalue weighted by atomic mass is 79.9. The van der Waals surface area contributed by atoms with Gasteiger partial charge in [-0.2, -0.15) is 0 Å². The van der Waals surface area contributed by atoms with E-state index in [2.05, 4.69) is 31.4 Å². The third kappa shape index (κ3) is 5.58. The first-order chi connectivity index (χ1) is 16.0. The number of benzene rings is 3. The standard InChI is InChI=1S/C25H21BrN4O2S/c1-17(31)18-11-13-19(14-12-18)27-23(32)15-16-33-25-29-28-24(21-9-5-6-10-22(21)26)30(25)20-7-3-2-4-8-20/h2-14H,15-16H2,1H3,(H,27,32). The Morgan fingerprint density at radius 1 is 0.939 bits per heavy atom. The van der Waals surface area contributed by atoms with Crippen LogP contribution in [0.2, 0.25) is 0 Å². The summed E-state index contributed by atoms with van der Waals surface area (Å²) in [5.74, 6) is 1.16. The molecule has 0 spiro atoms. The average molecular weight is 521 g/mol. The van der Waals surface area contributed by atoms with Crippen LogP contribution in [0.3, 0.4) is 0 Å². The number of aromatic nitrogens is 3. The minimum absolute atomic E-state index is 0.00583. The molecule has 166 valence electrons. The van der Waals surface area contributed by atoms with E-state index in [1.165, 1.54) is 18.7 Å². The van der Waals surface area contributed by atoms with Crippen LogP contribution in [-0.4, -0.2) is 32.2 Å². The Hall–Kier alpha value is -3.23. The van der Waals surface area contributed by atoms with E-state index in [9.17, 15) is 9.59 Å². The third-order valence-electron chi connectivity index (χ3n) is 4.90. The van der Waals surface area contributed by atoms with Crippen molar-refractivity contribution in [3.63, 3.8) is 0 Å². The third-order valence-corrected chi connectivity index (χ3v) is 6.52. The van der Waals surface area contributed by atoms with E-state index in [1.54, 1.807) is 24.3 Å². The number of Topliss-reactive ketones (excluding diaryl/α,β-unsaturated/α-hetero) is 1. The SMILES string of the molecule is CC(=O)c1ccc(NC(=O)CCSc2nnc(-c3ccccc3Br)n2-c2ccccc2)cc1. The summed E-state index contributed by atoms with van der Waals surface area (Å²) in [7, 11) is 0. The molecule has 4 aromatic rings. The summed E-state index contributed by atoms with van der Waals surface area (Å²) in [5.41, 5.74) is 3.17. The second-order valence-electron chi connectivity index (χ2n) is 7.24. The van der Waals surface area contributed by atoms with Crippen LogP contribution in [0.5, 0.6) is 0 Å². The first-order valence-electron chi connectivity index (χ1n) is 10.3.